The van der Waals surface area contributed by atoms with Crippen LogP contribution in [0.15, 0.2) is 24.3 Å². The molecule has 140 valence electrons. The highest BCUT2D eigenvalue weighted by molar-refractivity contribution is 7.98. The molecule has 1 aliphatic rings. The minimum atomic E-state index is -0.186. The normalized spacial score (nSPS) is 19.1. The number of esters is 1. The van der Waals surface area contributed by atoms with Crippen molar-refractivity contribution in [2.24, 2.45) is 11.7 Å². The highest BCUT2D eigenvalue weighted by Crippen LogP contribution is 2.27. The number of hydrogen-bond acceptors (Lipinski definition) is 5. The summed E-state index contributed by atoms with van der Waals surface area (Å²) in [4.78, 5) is 23.2. The van der Waals surface area contributed by atoms with Crippen LogP contribution < -0.4 is 11.1 Å². The van der Waals surface area contributed by atoms with Crippen molar-refractivity contribution in [2.45, 2.75) is 43.9 Å². The number of benzene rings is 1. The first-order valence-electron chi connectivity index (χ1n) is 8.37. The average molecular weight is 387 g/mol. The fraction of sp³-hybridized carbons (Fsp3) is 0.556. The summed E-state index contributed by atoms with van der Waals surface area (Å²) in [7, 11) is 1.40. The Kier molecular flexibility index (Phi) is 9.93. The molecule has 1 saturated carbocycles. The molecule has 1 aromatic carbocycles. The number of thioether (sulfide) groups is 1. The smallest absolute Gasteiger partial charge is 0.306 e. The summed E-state index contributed by atoms with van der Waals surface area (Å²) in [5, 5.41) is 2.97. The van der Waals surface area contributed by atoms with E-state index in [2.05, 4.69) is 10.1 Å². The average Bonchev–Trinajstić information content (AvgIpc) is 2.96. The second-order valence-electron chi connectivity index (χ2n) is 6.19. The molecule has 0 bridgehead atoms. The largest absolute Gasteiger partial charge is 0.469 e. The number of rotatable bonds is 8. The molecule has 3 N–H and O–H groups in total. The number of hydrogen-bond donors (Lipinski definition) is 2. The summed E-state index contributed by atoms with van der Waals surface area (Å²) in [6.45, 7) is 0. The summed E-state index contributed by atoms with van der Waals surface area (Å²) < 4.78 is 4.62. The van der Waals surface area contributed by atoms with Gasteiger partial charge in [0.1, 0.15) is 0 Å². The first kappa shape index (κ1) is 21.8. The Bertz CT molecular complexity index is 571. The minimum Gasteiger partial charge on any atom is -0.469 e. The van der Waals surface area contributed by atoms with E-state index >= 15 is 0 Å². The van der Waals surface area contributed by atoms with Crippen LogP contribution in [0, 0.1) is 5.92 Å². The molecular formula is C18H27ClN2O3S. The highest BCUT2D eigenvalue weighted by atomic mass is 35.5. The van der Waals surface area contributed by atoms with Gasteiger partial charge in [-0.05, 0) is 36.5 Å². The summed E-state index contributed by atoms with van der Waals surface area (Å²) in [5.41, 5.74) is 7.97. The number of ether oxygens (including phenoxy) is 1. The van der Waals surface area contributed by atoms with Crippen molar-refractivity contribution >= 4 is 41.7 Å². The van der Waals surface area contributed by atoms with E-state index in [1.54, 1.807) is 11.8 Å². The number of methoxy groups -OCH3 is 1. The lowest BCUT2D eigenvalue weighted by atomic mass is 10.00. The van der Waals surface area contributed by atoms with Gasteiger partial charge in [0.05, 0.1) is 13.5 Å². The van der Waals surface area contributed by atoms with E-state index in [1.807, 2.05) is 24.3 Å². The third kappa shape index (κ3) is 7.67. The topological polar surface area (TPSA) is 81.4 Å². The zero-order chi connectivity index (χ0) is 17.4. The van der Waals surface area contributed by atoms with Gasteiger partial charge >= 0.3 is 5.97 Å². The van der Waals surface area contributed by atoms with Crippen LogP contribution >= 0.6 is 24.2 Å². The van der Waals surface area contributed by atoms with Gasteiger partial charge in [0.25, 0.3) is 0 Å². The van der Waals surface area contributed by atoms with Gasteiger partial charge in [-0.15, -0.1) is 12.4 Å². The van der Waals surface area contributed by atoms with Crippen LogP contribution in [0.1, 0.15) is 37.7 Å². The predicted octanol–water partition coefficient (Wildman–Crippen LogP) is 3.36. The number of nitrogens with one attached hydrogen (secondary N) is 1. The Morgan fingerprint density at radius 3 is 2.84 bits per heavy atom. The zero-order valence-electron chi connectivity index (χ0n) is 14.5. The quantitative estimate of drug-likeness (QED) is 0.528. The van der Waals surface area contributed by atoms with Gasteiger partial charge in [0.2, 0.25) is 5.91 Å². The van der Waals surface area contributed by atoms with E-state index in [9.17, 15) is 9.59 Å². The molecule has 1 amide bonds. The van der Waals surface area contributed by atoms with Gasteiger partial charge in [-0.3, -0.25) is 9.59 Å². The summed E-state index contributed by atoms with van der Waals surface area (Å²) in [6.07, 6.45) is 4.11. The highest BCUT2D eigenvalue weighted by Gasteiger charge is 2.25. The van der Waals surface area contributed by atoms with Gasteiger partial charge in [-0.25, -0.2) is 0 Å². The van der Waals surface area contributed by atoms with Crippen LogP contribution in [0.3, 0.4) is 0 Å². The summed E-state index contributed by atoms with van der Waals surface area (Å²) >= 11 is 1.67. The molecule has 0 saturated heterocycles. The number of carbonyl (C=O) groups is 2. The molecular weight excluding hydrogens is 360 g/mol. The van der Waals surface area contributed by atoms with E-state index in [0.717, 1.165) is 42.0 Å². The standard InChI is InChI=1S/C18H26N2O3S.ClH/c1-23-18(22)8-9-24-12-13-4-2-6-15(10-13)20-17(21)11-14-5-3-7-16(14)19;/h2,4,6,10,14,16H,3,5,7-9,11-12,19H2,1H3,(H,20,21);1H/t14-,16+;/m0./s1. The zero-order valence-corrected chi connectivity index (χ0v) is 16.2. The van der Waals surface area contributed by atoms with E-state index < -0.39 is 0 Å². The van der Waals surface area contributed by atoms with Crippen LogP contribution in [-0.2, 0) is 20.1 Å². The number of amides is 1. The van der Waals surface area contributed by atoms with Gasteiger partial charge in [0.15, 0.2) is 0 Å². The first-order valence-corrected chi connectivity index (χ1v) is 9.53. The summed E-state index contributed by atoms with van der Waals surface area (Å²) in [5.74, 6) is 1.68. The van der Waals surface area contributed by atoms with Crippen molar-refractivity contribution in [1.29, 1.82) is 0 Å². The number of anilines is 1. The Balaban J connectivity index is 0.00000312. The van der Waals surface area contributed by atoms with Gasteiger partial charge in [-0.1, -0.05) is 18.6 Å². The molecule has 0 aliphatic heterocycles. The number of carbonyl (C=O) groups excluding carboxylic acids is 2. The van der Waals surface area contributed by atoms with E-state index in [-0.39, 0.29) is 30.3 Å². The molecule has 0 heterocycles. The molecule has 1 aromatic rings. The van der Waals surface area contributed by atoms with Crippen LogP contribution in [0.5, 0.6) is 0 Å². The molecule has 1 aliphatic carbocycles. The van der Waals surface area contributed by atoms with Crippen molar-refractivity contribution in [3.05, 3.63) is 29.8 Å². The lowest BCUT2D eigenvalue weighted by Gasteiger charge is -2.15. The predicted molar refractivity (Wildman–Crippen MR) is 105 cm³/mol. The monoisotopic (exact) mass is 386 g/mol. The van der Waals surface area contributed by atoms with Crippen molar-refractivity contribution in [3.63, 3.8) is 0 Å². The van der Waals surface area contributed by atoms with E-state index in [0.29, 0.717) is 18.8 Å². The molecule has 25 heavy (non-hydrogen) atoms. The molecule has 0 spiro atoms. The Morgan fingerprint density at radius 1 is 1.36 bits per heavy atom. The second kappa shape index (κ2) is 11.4. The maximum absolute atomic E-state index is 12.2. The Hall–Kier alpha value is -1.24. The van der Waals surface area contributed by atoms with Gasteiger partial charge in [0, 0.05) is 29.7 Å². The van der Waals surface area contributed by atoms with E-state index in [4.69, 9.17) is 5.73 Å². The molecule has 0 aromatic heterocycles. The SMILES string of the molecule is COC(=O)CCSCc1cccc(NC(=O)C[C@@H]2CCC[C@H]2N)c1.Cl. The third-order valence-electron chi connectivity index (χ3n) is 4.32. The first-order chi connectivity index (χ1) is 11.6. The fourth-order valence-electron chi connectivity index (χ4n) is 2.96. The lowest BCUT2D eigenvalue weighted by molar-refractivity contribution is -0.140. The minimum absolute atomic E-state index is 0. The third-order valence-corrected chi connectivity index (χ3v) is 5.35. The fourth-order valence-corrected chi connectivity index (χ4v) is 3.83. The molecule has 7 heteroatoms. The lowest BCUT2D eigenvalue weighted by Crippen LogP contribution is -2.28. The molecule has 5 nitrogen and oxygen atoms in total. The Morgan fingerprint density at radius 2 is 2.16 bits per heavy atom. The molecule has 0 radical (unpaired) electrons. The van der Waals surface area contributed by atoms with Gasteiger partial charge < -0.3 is 15.8 Å². The molecule has 2 rings (SSSR count). The second-order valence-corrected chi connectivity index (χ2v) is 7.29. The molecule has 2 atom stereocenters. The molecule has 1 fully saturated rings. The van der Waals surface area contributed by atoms with Crippen LogP contribution in [0.25, 0.3) is 0 Å². The van der Waals surface area contributed by atoms with Crippen molar-refractivity contribution in [3.8, 4) is 0 Å². The van der Waals surface area contributed by atoms with E-state index in [1.165, 1.54) is 7.11 Å². The maximum Gasteiger partial charge on any atom is 0.306 e. The summed E-state index contributed by atoms with van der Waals surface area (Å²) in [6, 6.07) is 8.00. The van der Waals surface area contributed by atoms with Crippen molar-refractivity contribution < 1.29 is 14.3 Å². The number of halogens is 1. The van der Waals surface area contributed by atoms with Crippen molar-refractivity contribution in [2.75, 3.05) is 18.2 Å². The van der Waals surface area contributed by atoms with Crippen molar-refractivity contribution in [1.82, 2.24) is 0 Å². The Labute approximate surface area is 159 Å². The van der Waals surface area contributed by atoms with Crippen LogP contribution in [-0.4, -0.2) is 30.8 Å². The van der Waals surface area contributed by atoms with Crippen LogP contribution in [0.2, 0.25) is 0 Å². The maximum atomic E-state index is 12.2. The van der Waals surface area contributed by atoms with Crippen LogP contribution in [0.4, 0.5) is 5.69 Å². The molecule has 0 unspecified atom stereocenters. The number of nitrogens with two attached hydrogens (primary N) is 1. The van der Waals surface area contributed by atoms with Gasteiger partial charge in [-0.2, -0.15) is 11.8 Å².